The quantitative estimate of drug-likeness (QED) is 0.431. The zero-order valence-corrected chi connectivity index (χ0v) is 21.5. The predicted molar refractivity (Wildman–Crippen MR) is 138 cm³/mol. The Morgan fingerprint density at radius 3 is 2.61 bits per heavy atom. The summed E-state index contributed by atoms with van der Waals surface area (Å²) in [6.45, 7) is 0.514. The Balaban J connectivity index is 1.23. The maximum absolute atomic E-state index is 14.8. The molecule has 2 N–H and O–H groups in total. The van der Waals surface area contributed by atoms with Crippen molar-refractivity contribution in [3.63, 3.8) is 0 Å². The minimum atomic E-state index is -1.52. The van der Waals surface area contributed by atoms with Gasteiger partial charge >= 0.3 is 6.09 Å². The lowest BCUT2D eigenvalue weighted by atomic mass is 9.99. The number of hydrogen-bond donors (Lipinski definition) is 2. The first-order valence-corrected chi connectivity index (χ1v) is 12.6. The summed E-state index contributed by atoms with van der Waals surface area (Å²) in [7, 11) is 1.34. The second-order valence-corrected chi connectivity index (χ2v) is 9.81. The number of hydrogen-bond acceptors (Lipinski definition) is 8. The van der Waals surface area contributed by atoms with Crippen molar-refractivity contribution >= 4 is 23.4 Å². The molecule has 3 heterocycles. The third kappa shape index (κ3) is 5.58. The van der Waals surface area contributed by atoms with Crippen LogP contribution in [0.3, 0.4) is 0 Å². The summed E-state index contributed by atoms with van der Waals surface area (Å²) in [5, 5.41) is 9.82. The zero-order valence-electron chi connectivity index (χ0n) is 20.7. The smallest absolute Gasteiger partial charge is 0.407 e. The van der Waals surface area contributed by atoms with E-state index in [-0.39, 0.29) is 23.9 Å². The van der Waals surface area contributed by atoms with Crippen LogP contribution in [0, 0.1) is 0 Å². The number of nitrogens with zero attached hydrogens (tertiary/aromatic N) is 3. The molecule has 10 nitrogen and oxygen atoms in total. The highest BCUT2D eigenvalue weighted by atomic mass is 35.5. The van der Waals surface area contributed by atoms with Crippen molar-refractivity contribution in [1.82, 2.24) is 20.1 Å². The van der Waals surface area contributed by atoms with Gasteiger partial charge in [-0.05, 0) is 49.4 Å². The third-order valence-corrected chi connectivity index (χ3v) is 7.03. The van der Waals surface area contributed by atoms with Crippen LogP contribution in [0.2, 0.25) is 5.02 Å². The number of aromatic nitrogens is 3. The Morgan fingerprint density at radius 1 is 1.18 bits per heavy atom. The van der Waals surface area contributed by atoms with Crippen LogP contribution in [-0.4, -0.2) is 53.4 Å². The highest BCUT2D eigenvalue weighted by Crippen LogP contribution is 2.46. The van der Waals surface area contributed by atoms with Crippen molar-refractivity contribution in [2.45, 2.75) is 36.9 Å². The summed E-state index contributed by atoms with van der Waals surface area (Å²) in [6.07, 6.45) is 5.05. The number of rotatable bonds is 8. The van der Waals surface area contributed by atoms with Crippen LogP contribution in [0.5, 0.6) is 11.6 Å². The van der Waals surface area contributed by atoms with Gasteiger partial charge in [-0.15, -0.1) is 0 Å². The Kier molecular flexibility index (Phi) is 7.22. The number of alkyl halides is 1. The highest BCUT2D eigenvalue weighted by molar-refractivity contribution is 6.32. The molecule has 0 unspecified atom stereocenters. The van der Waals surface area contributed by atoms with Gasteiger partial charge in [-0.25, -0.2) is 14.2 Å². The van der Waals surface area contributed by atoms with Gasteiger partial charge in [0, 0.05) is 12.7 Å². The molecule has 0 radical (unpaired) electrons. The summed E-state index contributed by atoms with van der Waals surface area (Å²) < 4.78 is 31.7. The summed E-state index contributed by atoms with van der Waals surface area (Å²) in [6, 6.07) is 10.6. The van der Waals surface area contributed by atoms with Crippen LogP contribution < -0.4 is 20.9 Å². The molecular weight excluding hydrogens is 517 g/mol. The number of ether oxygens (including phenoxy) is 3. The van der Waals surface area contributed by atoms with Crippen LogP contribution >= 0.6 is 11.6 Å². The van der Waals surface area contributed by atoms with E-state index in [4.69, 9.17) is 25.8 Å². The van der Waals surface area contributed by atoms with Gasteiger partial charge < -0.3 is 24.8 Å². The van der Waals surface area contributed by atoms with E-state index in [2.05, 4.69) is 20.7 Å². The average molecular weight is 544 g/mol. The molecule has 3 aromatic rings. The minimum absolute atomic E-state index is 0.000270. The van der Waals surface area contributed by atoms with E-state index in [1.54, 1.807) is 24.3 Å². The molecule has 1 aliphatic carbocycles. The van der Waals surface area contributed by atoms with Crippen molar-refractivity contribution in [1.29, 1.82) is 0 Å². The van der Waals surface area contributed by atoms with Gasteiger partial charge in [0.25, 0.3) is 5.56 Å². The highest BCUT2D eigenvalue weighted by Gasteiger charge is 2.46. The summed E-state index contributed by atoms with van der Waals surface area (Å²) in [5.41, 5.74) is -0.872. The van der Waals surface area contributed by atoms with E-state index in [9.17, 15) is 14.0 Å². The SMILES string of the molecule is COC(=O)NC1(c2ccc(Oc3ccc(-n4ncc(NC[C@@]5(F)CCCOC5)c(Cl)c4=O)cn3)cc2)CC1. The van der Waals surface area contributed by atoms with E-state index in [1.165, 1.54) is 19.5 Å². The second-order valence-electron chi connectivity index (χ2n) is 9.43. The third-order valence-electron chi connectivity index (χ3n) is 6.66. The fourth-order valence-corrected chi connectivity index (χ4v) is 4.53. The van der Waals surface area contributed by atoms with E-state index >= 15 is 0 Å². The molecule has 0 bridgehead atoms. The van der Waals surface area contributed by atoms with Crippen molar-refractivity contribution in [2.75, 3.05) is 32.2 Å². The van der Waals surface area contributed by atoms with Gasteiger partial charge in [-0.3, -0.25) is 4.79 Å². The molecule has 2 aliphatic rings. The van der Waals surface area contributed by atoms with Crippen LogP contribution in [0.4, 0.5) is 14.9 Å². The number of nitrogens with one attached hydrogen (secondary N) is 2. The van der Waals surface area contributed by atoms with Crippen molar-refractivity contribution < 1.29 is 23.4 Å². The molecule has 200 valence electrons. The molecule has 1 amide bonds. The zero-order chi connectivity index (χ0) is 26.8. The molecule has 1 saturated carbocycles. The molecule has 12 heteroatoms. The molecule has 1 saturated heterocycles. The normalized spacial score (nSPS) is 19.9. The van der Waals surface area contributed by atoms with Crippen LogP contribution in [0.1, 0.15) is 31.2 Å². The van der Waals surface area contributed by atoms with Gasteiger partial charge in [-0.2, -0.15) is 9.78 Å². The molecule has 5 rings (SSSR count). The Bertz CT molecular complexity index is 1360. The number of pyridine rings is 1. The van der Waals surface area contributed by atoms with Crippen molar-refractivity contribution in [3.05, 3.63) is 69.7 Å². The summed E-state index contributed by atoms with van der Waals surface area (Å²) >= 11 is 6.27. The summed E-state index contributed by atoms with van der Waals surface area (Å²) in [5.74, 6) is 0.876. The monoisotopic (exact) mass is 543 g/mol. The molecule has 38 heavy (non-hydrogen) atoms. The van der Waals surface area contributed by atoms with Crippen molar-refractivity contribution in [3.8, 4) is 17.3 Å². The van der Waals surface area contributed by atoms with E-state index < -0.39 is 22.9 Å². The molecule has 0 spiro atoms. The fraction of sp³-hybridized carbons (Fsp3) is 0.385. The van der Waals surface area contributed by atoms with Crippen LogP contribution in [0.15, 0.2) is 53.6 Å². The van der Waals surface area contributed by atoms with Crippen LogP contribution in [0.25, 0.3) is 5.69 Å². The second kappa shape index (κ2) is 10.6. The van der Waals surface area contributed by atoms with Gasteiger partial charge in [0.15, 0.2) is 5.67 Å². The number of halogens is 2. The molecule has 2 fully saturated rings. The van der Waals surface area contributed by atoms with Gasteiger partial charge in [-0.1, -0.05) is 23.7 Å². The predicted octanol–water partition coefficient (Wildman–Crippen LogP) is 4.35. The molecule has 1 aromatic carbocycles. The van der Waals surface area contributed by atoms with E-state index in [0.29, 0.717) is 36.8 Å². The number of amides is 1. The molecule has 2 aromatic heterocycles. The first kappa shape index (κ1) is 25.9. The van der Waals surface area contributed by atoms with E-state index in [1.807, 2.05) is 12.1 Å². The largest absolute Gasteiger partial charge is 0.453 e. The number of alkyl carbamates (subject to hydrolysis) is 1. The maximum Gasteiger partial charge on any atom is 0.407 e. The topological polar surface area (TPSA) is 117 Å². The number of anilines is 1. The van der Waals surface area contributed by atoms with Crippen molar-refractivity contribution in [2.24, 2.45) is 0 Å². The van der Waals surface area contributed by atoms with Gasteiger partial charge in [0.1, 0.15) is 10.8 Å². The average Bonchev–Trinajstić information content (AvgIpc) is 3.71. The summed E-state index contributed by atoms with van der Waals surface area (Å²) in [4.78, 5) is 28.7. The molecular formula is C26H27ClFN5O5. The lowest BCUT2D eigenvalue weighted by Crippen LogP contribution is -2.40. The lowest BCUT2D eigenvalue weighted by Gasteiger charge is -2.29. The Labute approximate surface area is 223 Å². The maximum atomic E-state index is 14.8. The van der Waals surface area contributed by atoms with Gasteiger partial charge in [0.2, 0.25) is 5.88 Å². The lowest BCUT2D eigenvalue weighted by molar-refractivity contribution is -0.0234. The Morgan fingerprint density at radius 2 is 1.97 bits per heavy atom. The first-order valence-electron chi connectivity index (χ1n) is 12.2. The Hall–Kier alpha value is -3.70. The number of benzene rings is 1. The fourth-order valence-electron chi connectivity index (χ4n) is 4.33. The van der Waals surface area contributed by atoms with Gasteiger partial charge in [0.05, 0.1) is 49.6 Å². The first-order chi connectivity index (χ1) is 18.3. The van der Waals surface area contributed by atoms with E-state index in [0.717, 1.165) is 23.1 Å². The molecule has 1 aliphatic heterocycles. The number of methoxy groups -OCH3 is 1. The minimum Gasteiger partial charge on any atom is -0.453 e. The number of carbonyl (C=O) groups excluding carboxylic acids is 1. The standard InChI is InChI=1S/C26H27ClFN5O5/c1-36-24(35)32-26(10-11-26)17-3-6-19(7-4-17)38-21-8-5-18(13-29-21)33-23(34)22(27)20(14-31-33)30-15-25(28)9-2-12-37-16-25/h3-8,13-14,30H,2,9-12,15-16H2,1H3,(H,32,35)/t25-/m0/s1. The molecule has 1 atom stereocenters. The van der Waals surface area contributed by atoms with Crippen LogP contribution in [-0.2, 0) is 15.0 Å². The number of carbonyl (C=O) groups is 1.